The lowest BCUT2D eigenvalue weighted by Crippen LogP contribution is -2.42. The van der Waals surface area contributed by atoms with Crippen molar-refractivity contribution in [3.63, 3.8) is 0 Å². The van der Waals surface area contributed by atoms with Gasteiger partial charge < -0.3 is 20.1 Å². The highest BCUT2D eigenvalue weighted by Gasteiger charge is 2.55. The summed E-state index contributed by atoms with van der Waals surface area (Å²) >= 11 is 0. The second-order valence-electron chi connectivity index (χ2n) is 3.92. The summed E-state index contributed by atoms with van der Waals surface area (Å²) in [5.74, 6) is -3.95. The summed E-state index contributed by atoms with van der Waals surface area (Å²) in [6.45, 7) is -3.84. The third-order valence-corrected chi connectivity index (χ3v) is 2.67. The third kappa shape index (κ3) is 2.08. The van der Waals surface area contributed by atoms with Crippen molar-refractivity contribution < 1.29 is 33.4 Å². The van der Waals surface area contributed by atoms with E-state index < -0.39 is 47.6 Å². The van der Waals surface area contributed by atoms with E-state index >= 15 is 0 Å². The van der Waals surface area contributed by atoms with Crippen molar-refractivity contribution in [1.82, 2.24) is 9.55 Å². The Labute approximate surface area is 114 Å². The van der Waals surface area contributed by atoms with E-state index in [4.69, 9.17) is 9.22 Å². The Hall–Kier alpha value is -1.88. The molecule has 0 amide bonds. The lowest BCUT2D eigenvalue weighted by Gasteiger charge is -2.19. The van der Waals surface area contributed by atoms with Crippen LogP contribution in [0.25, 0.3) is 0 Å². The van der Waals surface area contributed by atoms with Gasteiger partial charge in [0.25, 0.3) is 11.4 Å². The molecule has 1 saturated heterocycles. The van der Waals surface area contributed by atoms with E-state index in [0.717, 1.165) is 0 Å². The first-order chi connectivity index (χ1) is 10.4. The van der Waals surface area contributed by atoms with E-state index in [1.165, 1.54) is 0 Å². The van der Waals surface area contributed by atoms with E-state index in [1.807, 2.05) is 0 Å². The quantitative estimate of drug-likeness (QED) is 0.443. The van der Waals surface area contributed by atoms with E-state index in [1.54, 1.807) is 4.98 Å². The van der Waals surface area contributed by atoms with Crippen molar-refractivity contribution in [2.45, 2.75) is 24.3 Å². The van der Waals surface area contributed by atoms with Crippen molar-refractivity contribution in [2.24, 2.45) is 0 Å². The third-order valence-electron chi connectivity index (χ3n) is 2.67. The van der Waals surface area contributed by atoms with Crippen LogP contribution in [0.3, 0.4) is 0 Å². The molecule has 9 nitrogen and oxygen atoms in total. The van der Waals surface area contributed by atoms with Crippen LogP contribution in [0.15, 0.2) is 15.8 Å². The molecule has 1 fully saturated rings. The SMILES string of the molecule is [2H]C([2H])(O)[C@@]1(F)O[C@@]([2H])(n2cc(C=O)c(=O)[nH]c2=O)[C@H](O)[C@@H]1O. The first-order valence-electron chi connectivity index (χ1n) is 6.67. The van der Waals surface area contributed by atoms with Gasteiger partial charge in [0.1, 0.15) is 18.8 Å². The lowest BCUT2D eigenvalue weighted by atomic mass is 10.1. The minimum Gasteiger partial charge on any atom is -0.390 e. The van der Waals surface area contributed by atoms with Crippen molar-refractivity contribution in [2.75, 3.05) is 6.56 Å². The number of aromatic nitrogens is 2. The number of hydrogen-bond donors (Lipinski definition) is 4. The maximum atomic E-state index is 14.4. The van der Waals surface area contributed by atoms with Crippen molar-refractivity contribution in [1.29, 1.82) is 0 Å². The van der Waals surface area contributed by atoms with Gasteiger partial charge in [-0.15, -0.1) is 0 Å². The molecular weight excluding hydrogens is 279 g/mol. The number of hydrogen-bond acceptors (Lipinski definition) is 7. The highest BCUT2D eigenvalue weighted by atomic mass is 19.2. The van der Waals surface area contributed by atoms with E-state index in [9.17, 15) is 29.0 Å². The molecule has 0 bridgehead atoms. The second kappa shape index (κ2) is 4.90. The predicted octanol–water partition coefficient (Wildman–Crippen LogP) is -2.74. The molecule has 0 spiro atoms. The molecule has 20 heavy (non-hydrogen) atoms. The molecule has 0 aliphatic carbocycles. The van der Waals surface area contributed by atoms with Crippen LogP contribution in [-0.4, -0.2) is 55.8 Å². The molecule has 2 rings (SSSR count). The van der Waals surface area contributed by atoms with Crippen LogP contribution < -0.4 is 11.2 Å². The molecule has 110 valence electrons. The Morgan fingerprint density at radius 3 is 2.80 bits per heavy atom. The molecule has 1 aromatic rings. The Morgan fingerprint density at radius 2 is 2.30 bits per heavy atom. The zero-order valence-corrected chi connectivity index (χ0v) is 9.61. The number of carbonyl (C=O) groups is 1. The van der Waals surface area contributed by atoms with Gasteiger partial charge in [-0.2, -0.15) is 0 Å². The number of aromatic amines is 1. The summed E-state index contributed by atoms with van der Waals surface area (Å²) < 4.78 is 40.5. The van der Waals surface area contributed by atoms with Gasteiger partial charge in [0.2, 0.25) is 0 Å². The van der Waals surface area contributed by atoms with Crippen LogP contribution in [0.2, 0.25) is 0 Å². The average molecular weight is 293 g/mol. The number of aliphatic hydroxyl groups excluding tert-OH is 2. The lowest BCUT2D eigenvalue weighted by molar-refractivity contribution is -0.207. The van der Waals surface area contributed by atoms with Crippen LogP contribution >= 0.6 is 0 Å². The Morgan fingerprint density at radius 1 is 1.65 bits per heavy atom. The summed E-state index contributed by atoms with van der Waals surface area (Å²) in [7, 11) is 0. The van der Waals surface area contributed by atoms with Gasteiger partial charge in [0.15, 0.2) is 12.5 Å². The van der Waals surface area contributed by atoms with Gasteiger partial charge in [-0.25, -0.2) is 9.18 Å². The maximum absolute atomic E-state index is 14.4. The number of aliphatic hydroxyl groups is 3. The number of H-pyrrole nitrogens is 1. The van der Waals surface area contributed by atoms with Crippen molar-refractivity contribution in [3.8, 4) is 0 Å². The van der Waals surface area contributed by atoms with Crippen molar-refractivity contribution in [3.05, 3.63) is 32.6 Å². The van der Waals surface area contributed by atoms with E-state index in [-0.39, 0.29) is 10.9 Å². The molecule has 2 heterocycles. The predicted molar refractivity (Wildman–Crippen MR) is 59.8 cm³/mol. The monoisotopic (exact) mass is 293 g/mol. The number of nitrogens with zero attached hydrogens (tertiary/aromatic N) is 1. The number of ether oxygens (including phenoxy) is 1. The summed E-state index contributed by atoms with van der Waals surface area (Å²) in [4.78, 5) is 35.4. The molecule has 0 unspecified atom stereocenters. The van der Waals surface area contributed by atoms with Gasteiger partial charge in [-0.1, -0.05) is 0 Å². The molecule has 1 aliphatic heterocycles. The van der Waals surface area contributed by atoms with Gasteiger partial charge in [0, 0.05) is 6.20 Å². The van der Waals surface area contributed by atoms with Crippen LogP contribution in [0, 0.1) is 0 Å². The number of aldehydes is 1. The molecule has 0 radical (unpaired) electrons. The number of rotatable bonds is 3. The van der Waals surface area contributed by atoms with Crippen LogP contribution in [0.4, 0.5) is 4.39 Å². The molecule has 4 atom stereocenters. The number of carbonyl (C=O) groups excluding carboxylic acids is 1. The van der Waals surface area contributed by atoms with Crippen LogP contribution in [0.1, 0.15) is 20.7 Å². The van der Waals surface area contributed by atoms with Crippen LogP contribution in [-0.2, 0) is 4.74 Å². The largest absolute Gasteiger partial charge is 0.390 e. The first-order valence-corrected chi connectivity index (χ1v) is 5.17. The normalized spacial score (nSPS) is 39.9. The summed E-state index contributed by atoms with van der Waals surface area (Å²) in [6, 6.07) is 0. The molecule has 1 aliphatic rings. The van der Waals surface area contributed by atoms with Gasteiger partial charge >= 0.3 is 5.69 Å². The zero-order valence-electron chi connectivity index (χ0n) is 12.6. The molecule has 10 heteroatoms. The highest BCUT2D eigenvalue weighted by Crippen LogP contribution is 2.37. The topological polar surface area (TPSA) is 142 Å². The fourth-order valence-corrected chi connectivity index (χ4v) is 1.63. The Kier molecular flexibility index (Phi) is 2.66. The van der Waals surface area contributed by atoms with Gasteiger partial charge in [-0.05, 0) is 0 Å². The standard InChI is InChI=1S/C10H11FN2O7/c11-10(3-15)6(17)5(16)8(20-10)13-1-4(2-14)7(18)12-9(13)19/h1-2,5-6,8,15-17H,3H2,(H,12,18,19)/t5-,6+,8-,10-/m1/s1/i3D2,8D. The Balaban J connectivity index is 2.67. The molecular formula is C10H11FN2O7. The fourth-order valence-electron chi connectivity index (χ4n) is 1.63. The second-order valence-corrected chi connectivity index (χ2v) is 3.92. The fraction of sp³-hybridized carbons (Fsp3) is 0.500. The maximum Gasteiger partial charge on any atom is 0.330 e. The first kappa shape index (κ1) is 10.9. The summed E-state index contributed by atoms with van der Waals surface area (Å²) in [6.07, 6.45) is -7.99. The van der Waals surface area contributed by atoms with E-state index in [0.29, 0.717) is 6.20 Å². The summed E-state index contributed by atoms with van der Waals surface area (Å²) in [5, 5.41) is 28.5. The van der Waals surface area contributed by atoms with Gasteiger partial charge in [0.05, 0.1) is 9.68 Å². The van der Waals surface area contributed by atoms with Crippen LogP contribution in [0.5, 0.6) is 0 Å². The smallest absolute Gasteiger partial charge is 0.330 e. The van der Waals surface area contributed by atoms with Gasteiger partial charge in [-0.3, -0.25) is 19.1 Å². The highest BCUT2D eigenvalue weighted by molar-refractivity contribution is 5.73. The zero-order chi connectivity index (χ0) is 17.8. The summed E-state index contributed by atoms with van der Waals surface area (Å²) in [5.41, 5.74) is -3.20. The molecule has 4 N–H and O–H groups in total. The van der Waals surface area contributed by atoms with Crippen molar-refractivity contribution >= 4 is 6.29 Å². The average Bonchev–Trinajstić information content (AvgIpc) is 2.61. The number of alkyl halides is 1. The Bertz CT molecular complexity index is 762. The van der Waals surface area contributed by atoms with E-state index in [2.05, 4.69) is 4.74 Å². The number of nitrogens with one attached hydrogen (secondary N) is 1. The molecule has 0 aromatic carbocycles. The molecule has 1 aromatic heterocycles. The minimum atomic E-state index is -3.95. The molecule has 0 saturated carbocycles. The minimum absolute atomic E-state index is 0.00387. The number of halogens is 1.